The average Bonchev–Trinajstić information content (AvgIpc) is 2.42. The second-order valence-electron chi connectivity index (χ2n) is 5.13. The fourth-order valence-corrected chi connectivity index (χ4v) is 1.65. The first-order chi connectivity index (χ1) is 11.8. The van der Waals surface area contributed by atoms with Crippen molar-refractivity contribution in [2.45, 2.75) is 54.1 Å². The number of aliphatic hydroxyl groups is 1. The van der Waals surface area contributed by atoms with Gasteiger partial charge in [0.25, 0.3) is 0 Å². The molecule has 0 atom stereocenters. The molecule has 0 aliphatic rings. The molecule has 170 valence electrons. The first-order valence-corrected chi connectivity index (χ1v) is 6.13. The quantitative estimate of drug-likeness (QED) is 0.502. The highest BCUT2D eigenvalue weighted by atomic mass is 19.4. The molecule has 0 spiro atoms. The zero-order valence-corrected chi connectivity index (χ0v) is 12.3. The van der Waals surface area contributed by atoms with Crippen LogP contribution in [0.5, 0.6) is 0 Å². The molecule has 0 unspecified atom stereocenters. The van der Waals surface area contributed by atoms with Gasteiger partial charge in [0.1, 0.15) is 0 Å². The Bertz CT molecular complexity index is 541. The van der Waals surface area contributed by atoms with Crippen LogP contribution in [0, 0.1) is 0 Å². The summed E-state index contributed by atoms with van der Waals surface area (Å²) in [7, 11) is 0. The van der Waals surface area contributed by atoms with Crippen molar-refractivity contribution >= 4 is 0 Å². The van der Waals surface area contributed by atoms with Gasteiger partial charge in [-0.3, -0.25) is 0 Å². The highest BCUT2D eigenvalue weighted by molar-refractivity contribution is 5.17. The Labute approximate surface area is 142 Å². The van der Waals surface area contributed by atoms with Crippen LogP contribution < -0.4 is 0 Å². The van der Waals surface area contributed by atoms with Crippen molar-refractivity contribution in [3.8, 4) is 0 Å². The van der Waals surface area contributed by atoms with Crippen LogP contribution >= 0.6 is 0 Å². The summed E-state index contributed by atoms with van der Waals surface area (Å²) in [4.78, 5) is 0. The smallest absolute Gasteiger partial charge is 0.396 e. The maximum absolute atomic E-state index is 13.2. The van der Waals surface area contributed by atoms with Crippen LogP contribution in [0.4, 0.5) is 74.6 Å². The minimum absolute atomic E-state index is 2.18. The number of aliphatic hydroxyl groups excluding tert-OH is 1. The molecule has 0 aromatic carbocycles. The van der Waals surface area contributed by atoms with Gasteiger partial charge >= 0.3 is 47.6 Å². The molecule has 1 nitrogen and oxygen atoms in total. The predicted molar refractivity (Wildman–Crippen MR) is 52.4 cm³/mol. The predicted octanol–water partition coefficient (Wildman–Crippen LogP) is 5.38. The maximum Gasteiger partial charge on any atom is 0.438 e. The average molecular weight is 464 g/mol. The molecule has 0 fully saturated rings. The molecule has 0 heterocycles. The van der Waals surface area contributed by atoms with E-state index in [1.165, 1.54) is 0 Å². The summed E-state index contributed by atoms with van der Waals surface area (Å²) in [5, 5.41) is 7.98. The van der Waals surface area contributed by atoms with E-state index in [0.29, 0.717) is 0 Å². The fourth-order valence-electron chi connectivity index (χ4n) is 1.65. The topological polar surface area (TPSA) is 20.2 Å². The van der Waals surface area contributed by atoms with E-state index in [0.717, 1.165) is 0 Å². The standard InChI is InChI=1S/C10H5F17O/c11-3(12,1-2-28)5(14,15)7(18,19)8(20,21)6(16,17)4(13,9(22,23)24)10(25,26)27/h28H,1-2H2. The highest BCUT2D eigenvalue weighted by Gasteiger charge is 2.97. The third-order valence-corrected chi connectivity index (χ3v) is 3.28. The van der Waals surface area contributed by atoms with Crippen molar-refractivity contribution in [3.05, 3.63) is 0 Å². The maximum atomic E-state index is 13.2. The second kappa shape index (κ2) is 6.65. The number of rotatable bonds is 7. The summed E-state index contributed by atoms with van der Waals surface area (Å²) in [6.07, 6.45) is -19.1. The van der Waals surface area contributed by atoms with Crippen molar-refractivity contribution in [1.82, 2.24) is 0 Å². The first kappa shape index (κ1) is 26.8. The van der Waals surface area contributed by atoms with Crippen LogP contribution in [0.1, 0.15) is 6.42 Å². The van der Waals surface area contributed by atoms with Crippen LogP contribution in [0.2, 0.25) is 0 Å². The Morgan fingerprint density at radius 3 is 0.964 bits per heavy atom. The normalized spacial score (nSPS) is 16.5. The second-order valence-corrected chi connectivity index (χ2v) is 5.13. The van der Waals surface area contributed by atoms with Gasteiger partial charge in [-0.05, 0) is 0 Å². The third-order valence-electron chi connectivity index (χ3n) is 3.28. The van der Waals surface area contributed by atoms with E-state index < -0.39 is 60.7 Å². The lowest BCUT2D eigenvalue weighted by molar-refractivity contribution is -0.465. The zero-order valence-electron chi connectivity index (χ0n) is 12.3. The zero-order chi connectivity index (χ0) is 23.4. The van der Waals surface area contributed by atoms with Crippen LogP contribution in [0.25, 0.3) is 0 Å². The Hall–Kier alpha value is -1.23. The van der Waals surface area contributed by atoms with Crippen LogP contribution in [-0.4, -0.2) is 59.3 Å². The molecule has 0 bridgehead atoms. The molecule has 0 rings (SSSR count). The van der Waals surface area contributed by atoms with Crippen LogP contribution in [-0.2, 0) is 0 Å². The van der Waals surface area contributed by atoms with Gasteiger partial charge in [0.15, 0.2) is 0 Å². The molecule has 0 saturated carbocycles. The van der Waals surface area contributed by atoms with Gasteiger partial charge in [0, 0.05) is 13.0 Å². The summed E-state index contributed by atoms with van der Waals surface area (Å²) in [6.45, 7) is -2.18. The van der Waals surface area contributed by atoms with E-state index in [9.17, 15) is 74.6 Å². The molecule has 0 aromatic heterocycles. The van der Waals surface area contributed by atoms with Gasteiger partial charge in [-0.15, -0.1) is 0 Å². The van der Waals surface area contributed by atoms with Crippen molar-refractivity contribution in [3.63, 3.8) is 0 Å². The van der Waals surface area contributed by atoms with Crippen molar-refractivity contribution in [1.29, 1.82) is 0 Å². The number of halogens is 17. The highest BCUT2D eigenvalue weighted by Crippen LogP contribution is 2.65. The Kier molecular flexibility index (Phi) is 6.36. The fraction of sp³-hybridized carbons (Fsp3) is 1.00. The molecule has 0 aliphatic heterocycles. The third kappa shape index (κ3) is 3.24. The Morgan fingerprint density at radius 1 is 0.429 bits per heavy atom. The molecule has 0 saturated heterocycles. The van der Waals surface area contributed by atoms with Gasteiger partial charge in [-0.1, -0.05) is 0 Å². The molecular weight excluding hydrogens is 459 g/mol. The SMILES string of the molecule is OCCC(F)(F)C(F)(F)C(F)(F)C(F)(F)C(F)(F)C(F)(C(F)(F)F)C(F)(F)F. The minimum atomic E-state index is -8.75. The van der Waals surface area contributed by atoms with Crippen molar-refractivity contribution in [2.24, 2.45) is 0 Å². The van der Waals surface area contributed by atoms with E-state index in [1.54, 1.807) is 0 Å². The van der Waals surface area contributed by atoms with Gasteiger partial charge in [-0.2, -0.15) is 70.2 Å². The van der Waals surface area contributed by atoms with Crippen LogP contribution in [0.3, 0.4) is 0 Å². The van der Waals surface area contributed by atoms with Crippen molar-refractivity contribution in [2.75, 3.05) is 6.61 Å². The Balaban J connectivity index is 6.86. The minimum Gasteiger partial charge on any atom is -0.396 e. The lowest BCUT2D eigenvalue weighted by Gasteiger charge is -2.44. The van der Waals surface area contributed by atoms with Gasteiger partial charge < -0.3 is 5.11 Å². The molecule has 0 amide bonds. The first-order valence-electron chi connectivity index (χ1n) is 6.13. The lowest BCUT2D eigenvalue weighted by Crippen LogP contribution is -2.76. The monoisotopic (exact) mass is 464 g/mol. The van der Waals surface area contributed by atoms with Gasteiger partial charge in [0.05, 0.1) is 0 Å². The lowest BCUT2D eigenvalue weighted by atomic mass is 9.84. The van der Waals surface area contributed by atoms with Gasteiger partial charge in [-0.25, -0.2) is 4.39 Å². The molecule has 0 radical (unpaired) electrons. The van der Waals surface area contributed by atoms with E-state index in [1.807, 2.05) is 0 Å². The molecule has 18 heteroatoms. The van der Waals surface area contributed by atoms with E-state index >= 15 is 0 Å². The summed E-state index contributed by atoms with van der Waals surface area (Å²) >= 11 is 0. The van der Waals surface area contributed by atoms with E-state index in [4.69, 9.17) is 5.11 Å². The summed E-state index contributed by atoms with van der Waals surface area (Å²) < 4.78 is 217. The molecule has 1 N–H and O–H groups in total. The summed E-state index contributed by atoms with van der Waals surface area (Å²) in [5.74, 6) is -40.1. The molecule has 0 aromatic rings. The van der Waals surface area contributed by atoms with E-state index in [-0.39, 0.29) is 0 Å². The van der Waals surface area contributed by atoms with Crippen molar-refractivity contribution < 1.29 is 79.7 Å². The van der Waals surface area contributed by atoms with E-state index in [2.05, 4.69) is 0 Å². The number of alkyl halides is 17. The summed E-state index contributed by atoms with van der Waals surface area (Å²) in [5.41, 5.74) is -8.54. The number of hydrogen-bond donors (Lipinski definition) is 1. The van der Waals surface area contributed by atoms with Gasteiger partial charge in [0.2, 0.25) is 0 Å². The largest absolute Gasteiger partial charge is 0.438 e. The Morgan fingerprint density at radius 2 is 0.714 bits per heavy atom. The molecule has 0 aliphatic carbocycles. The van der Waals surface area contributed by atoms with Crippen LogP contribution in [0.15, 0.2) is 0 Å². The summed E-state index contributed by atoms with van der Waals surface area (Å²) in [6, 6.07) is 0. The number of hydrogen-bond acceptors (Lipinski definition) is 1. The molecular formula is C10H5F17O. The molecule has 28 heavy (non-hydrogen) atoms.